The first-order valence-electron chi connectivity index (χ1n) is 8.08. The molecule has 23 heavy (non-hydrogen) atoms. The van der Waals surface area contributed by atoms with E-state index in [4.69, 9.17) is 0 Å². The number of fused-ring (bicyclic) bond motifs is 1. The highest BCUT2D eigenvalue weighted by Gasteiger charge is 2.28. The van der Waals surface area contributed by atoms with Crippen LogP contribution in [0, 0.1) is 5.92 Å². The van der Waals surface area contributed by atoms with Gasteiger partial charge in [-0.2, -0.15) is 0 Å². The van der Waals surface area contributed by atoms with Crippen LogP contribution in [-0.4, -0.2) is 44.6 Å². The zero-order chi connectivity index (χ0) is 16.4. The van der Waals surface area contributed by atoms with E-state index in [2.05, 4.69) is 17.2 Å². The van der Waals surface area contributed by atoms with Crippen molar-refractivity contribution in [2.45, 2.75) is 44.6 Å². The van der Waals surface area contributed by atoms with Gasteiger partial charge in [-0.15, -0.1) is 0 Å². The van der Waals surface area contributed by atoms with Crippen LogP contribution in [0.25, 0.3) is 10.9 Å². The summed E-state index contributed by atoms with van der Waals surface area (Å²) in [7, 11) is 0. The van der Waals surface area contributed by atoms with Gasteiger partial charge < -0.3 is 15.5 Å². The predicted octanol–water partition coefficient (Wildman–Crippen LogP) is 0.506. The van der Waals surface area contributed by atoms with Gasteiger partial charge in [0, 0.05) is 6.04 Å². The highest BCUT2D eigenvalue weighted by Crippen LogP contribution is 2.18. The maximum absolute atomic E-state index is 12.4. The fraction of sp³-hybridized carbons (Fsp3) is 0.529. The van der Waals surface area contributed by atoms with Crippen molar-refractivity contribution in [1.82, 2.24) is 14.9 Å². The van der Waals surface area contributed by atoms with Crippen molar-refractivity contribution in [2.24, 2.45) is 5.92 Å². The molecule has 2 aromatic rings. The van der Waals surface area contributed by atoms with Gasteiger partial charge in [0.1, 0.15) is 0 Å². The summed E-state index contributed by atoms with van der Waals surface area (Å²) in [6.07, 6.45) is 1.45. The zero-order valence-electron chi connectivity index (χ0n) is 13.2. The molecule has 1 aliphatic rings. The van der Waals surface area contributed by atoms with Crippen LogP contribution in [0.15, 0.2) is 35.4 Å². The molecule has 6 heteroatoms. The van der Waals surface area contributed by atoms with Crippen molar-refractivity contribution in [2.75, 3.05) is 6.54 Å². The molecule has 0 spiro atoms. The monoisotopic (exact) mass is 317 g/mol. The SMILES string of the molecule is CC1CN[C@H](C[C@H](O)Cn2cnc3ccccc3c2=O)[C@@H](O)C1. The standard InChI is InChI=1S/C17H23N3O3/c1-11-6-16(22)15(18-8-11)7-12(21)9-20-10-19-14-5-3-2-4-13(14)17(20)23/h2-5,10-12,15-16,18,21-22H,6-9H2,1H3/t11?,12-,15+,16-/m0/s1. The van der Waals surface area contributed by atoms with E-state index in [1.165, 1.54) is 10.9 Å². The number of benzene rings is 1. The topological polar surface area (TPSA) is 87.4 Å². The minimum Gasteiger partial charge on any atom is -0.391 e. The smallest absolute Gasteiger partial charge is 0.261 e. The number of aromatic nitrogens is 2. The van der Waals surface area contributed by atoms with E-state index in [9.17, 15) is 15.0 Å². The predicted molar refractivity (Wildman–Crippen MR) is 88.2 cm³/mol. The number of aliphatic hydroxyl groups excluding tert-OH is 2. The Morgan fingerprint density at radius 2 is 2.22 bits per heavy atom. The summed E-state index contributed by atoms with van der Waals surface area (Å²) >= 11 is 0. The van der Waals surface area contributed by atoms with Crippen molar-refractivity contribution in [3.8, 4) is 0 Å². The number of piperidine rings is 1. The molecule has 1 fully saturated rings. The average Bonchev–Trinajstić information content (AvgIpc) is 2.53. The molecule has 0 saturated carbocycles. The van der Waals surface area contributed by atoms with E-state index in [-0.39, 0.29) is 18.1 Å². The Morgan fingerprint density at radius 1 is 1.43 bits per heavy atom. The van der Waals surface area contributed by atoms with E-state index >= 15 is 0 Å². The van der Waals surface area contributed by atoms with Gasteiger partial charge in [-0.1, -0.05) is 19.1 Å². The molecule has 1 unspecified atom stereocenters. The fourth-order valence-electron chi connectivity index (χ4n) is 3.22. The molecule has 4 atom stereocenters. The molecular weight excluding hydrogens is 294 g/mol. The molecule has 0 aliphatic carbocycles. The molecule has 1 aliphatic heterocycles. The maximum Gasteiger partial charge on any atom is 0.261 e. The van der Waals surface area contributed by atoms with Gasteiger partial charge in [-0.05, 0) is 37.4 Å². The van der Waals surface area contributed by atoms with Crippen molar-refractivity contribution < 1.29 is 10.2 Å². The van der Waals surface area contributed by atoms with Crippen LogP contribution in [-0.2, 0) is 6.54 Å². The van der Waals surface area contributed by atoms with Gasteiger partial charge >= 0.3 is 0 Å². The second-order valence-electron chi connectivity index (χ2n) is 6.53. The second-order valence-corrected chi connectivity index (χ2v) is 6.53. The minimum atomic E-state index is -0.712. The molecule has 2 heterocycles. The number of nitrogens with zero attached hydrogens (tertiary/aromatic N) is 2. The molecule has 0 amide bonds. The van der Waals surface area contributed by atoms with Crippen LogP contribution < -0.4 is 10.9 Å². The Hall–Kier alpha value is -1.76. The Kier molecular flexibility index (Phi) is 4.75. The van der Waals surface area contributed by atoms with Crippen LogP contribution in [0.2, 0.25) is 0 Å². The first-order chi connectivity index (χ1) is 11.0. The van der Waals surface area contributed by atoms with Crippen LogP contribution in [0.5, 0.6) is 0 Å². The number of para-hydroxylation sites is 1. The summed E-state index contributed by atoms with van der Waals surface area (Å²) < 4.78 is 1.44. The molecule has 0 bridgehead atoms. The molecule has 6 nitrogen and oxygen atoms in total. The number of hydrogen-bond acceptors (Lipinski definition) is 5. The second kappa shape index (κ2) is 6.78. The van der Waals surface area contributed by atoms with Crippen molar-refractivity contribution in [1.29, 1.82) is 0 Å². The third-order valence-corrected chi connectivity index (χ3v) is 4.50. The molecule has 124 valence electrons. The zero-order valence-corrected chi connectivity index (χ0v) is 13.2. The lowest BCUT2D eigenvalue weighted by Crippen LogP contribution is -2.49. The molecule has 1 aromatic carbocycles. The van der Waals surface area contributed by atoms with Crippen molar-refractivity contribution >= 4 is 10.9 Å². The molecule has 3 rings (SSSR count). The first-order valence-corrected chi connectivity index (χ1v) is 8.08. The van der Waals surface area contributed by atoms with Gasteiger partial charge in [-0.3, -0.25) is 9.36 Å². The quantitative estimate of drug-likeness (QED) is 0.765. The number of rotatable bonds is 4. The minimum absolute atomic E-state index is 0.134. The average molecular weight is 317 g/mol. The lowest BCUT2D eigenvalue weighted by atomic mass is 9.90. The largest absolute Gasteiger partial charge is 0.391 e. The van der Waals surface area contributed by atoms with Gasteiger partial charge in [0.05, 0.1) is 36.0 Å². The first kappa shape index (κ1) is 16.1. The summed E-state index contributed by atoms with van der Waals surface area (Å²) in [6.45, 7) is 3.10. The third-order valence-electron chi connectivity index (χ3n) is 4.50. The van der Waals surface area contributed by atoms with Gasteiger partial charge in [0.2, 0.25) is 0 Å². The van der Waals surface area contributed by atoms with Gasteiger partial charge in [-0.25, -0.2) is 4.98 Å². The van der Waals surface area contributed by atoms with E-state index < -0.39 is 12.2 Å². The number of aliphatic hydroxyl groups is 2. The van der Waals surface area contributed by atoms with Gasteiger partial charge in [0.15, 0.2) is 0 Å². The maximum atomic E-state index is 12.4. The summed E-state index contributed by atoms with van der Waals surface area (Å²) in [5.74, 6) is 0.436. The summed E-state index contributed by atoms with van der Waals surface area (Å²) in [5, 5.41) is 24.2. The van der Waals surface area contributed by atoms with Crippen LogP contribution in [0.3, 0.4) is 0 Å². The van der Waals surface area contributed by atoms with Crippen molar-refractivity contribution in [3.63, 3.8) is 0 Å². The van der Waals surface area contributed by atoms with Crippen LogP contribution >= 0.6 is 0 Å². The highest BCUT2D eigenvalue weighted by atomic mass is 16.3. The normalized spacial score (nSPS) is 26.3. The summed E-state index contributed by atoms with van der Waals surface area (Å²) in [5.41, 5.74) is 0.502. The van der Waals surface area contributed by atoms with E-state index in [0.717, 1.165) is 13.0 Å². The van der Waals surface area contributed by atoms with E-state index in [0.29, 0.717) is 23.2 Å². The number of nitrogens with one attached hydrogen (secondary N) is 1. The summed E-state index contributed by atoms with van der Waals surface area (Å²) in [6, 6.07) is 7.04. The Balaban J connectivity index is 1.69. The lowest BCUT2D eigenvalue weighted by Gasteiger charge is -2.34. The van der Waals surface area contributed by atoms with E-state index in [1.54, 1.807) is 18.2 Å². The Morgan fingerprint density at radius 3 is 3.00 bits per heavy atom. The molecule has 0 radical (unpaired) electrons. The Bertz CT molecular complexity index is 730. The van der Waals surface area contributed by atoms with E-state index in [1.807, 2.05) is 6.07 Å². The fourth-order valence-corrected chi connectivity index (χ4v) is 3.22. The van der Waals surface area contributed by atoms with Gasteiger partial charge in [0.25, 0.3) is 5.56 Å². The molecule has 3 N–H and O–H groups in total. The van der Waals surface area contributed by atoms with Crippen molar-refractivity contribution in [3.05, 3.63) is 40.9 Å². The third kappa shape index (κ3) is 3.60. The Labute approximate surface area is 134 Å². The van der Waals surface area contributed by atoms with Crippen LogP contribution in [0.4, 0.5) is 0 Å². The number of hydrogen-bond donors (Lipinski definition) is 3. The highest BCUT2D eigenvalue weighted by molar-refractivity contribution is 5.76. The lowest BCUT2D eigenvalue weighted by molar-refractivity contribution is 0.0401. The molecule has 1 aromatic heterocycles. The molecular formula is C17H23N3O3. The van der Waals surface area contributed by atoms with Crippen LogP contribution in [0.1, 0.15) is 19.8 Å². The molecule has 1 saturated heterocycles. The summed E-state index contributed by atoms with van der Waals surface area (Å²) in [4.78, 5) is 16.7.